The number of ether oxygens (including phenoxy) is 1. The number of carboxylic acids is 1. The summed E-state index contributed by atoms with van der Waals surface area (Å²) in [4.78, 5) is 43.2. The Morgan fingerprint density at radius 2 is 1.95 bits per heavy atom. The number of nitrogens with zero attached hydrogens (tertiary/aromatic N) is 5. The van der Waals surface area contributed by atoms with Crippen molar-refractivity contribution in [3.05, 3.63) is 45.7 Å². The van der Waals surface area contributed by atoms with E-state index < -0.39 is 11.9 Å². The Kier molecular flexibility index (Phi) is 9.82. The van der Waals surface area contributed by atoms with Crippen molar-refractivity contribution >= 4 is 40.7 Å². The second-order valence-electron chi connectivity index (χ2n) is 11.1. The minimum atomic E-state index is -1.23. The summed E-state index contributed by atoms with van der Waals surface area (Å²) in [5.74, 6) is -2.01. The molecule has 3 aromatic rings. The van der Waals surface area contributed by atoms with E-state index in [1.54, 1.807) is 18.2 Å². The van der Waals surface area contributed by atoms with Gasteiger partial charge in [-0.1, -0.05) is 16.8 Å². The van der Waals surface area contributed by atoms with Crippen LogP contribution < -0.4 is 11.1 Å². The number of hydrogen-bond donors (Lipinski definition) is 3. The highest BCUT2D eigenvalue weighted by atomic mass is 35.5. The molecule has 4 N–H and O–H groups in total. The van der Waals surface area contributed by atoms with Gasteiger partial charge in [-0.3, -0.25) is 19.2 Å². The smallest absolute Gasteiger partial charge is 0.354 e. The van der Waals surface area contributed by atoms with Crippen LogP contribution in [0.3, 0.4) is 0 Å². The molecule has 2 fully saturated rings. The number of nitrogens with two attached hydrogens (primary N) is 1. The van der Waals surface area contributed by atoms with Crippen LogP contribution in [-0.2, 0) is 16.1 Å². The van der Waals surface area contributed by atoms with Crippen LogP contribution in [0.1, 0.15) is 46.9 Å². The average Bonchev–Trinajstić information content (AvgIpc) is 3.74. The average molecular weight is 634 g/mol. The number of piperidine rings is 1. The molecule has 0 aliphatic carbocycles. The van der Waals surface area contributed by atoms with Gasteiger partial charge in [0.25, 0.3) is 5.91 Å². The summed E-state index contributed by atoms with van der Waals surface area (Å²) in [5.41, 5.74) is 6.15. The lowest BCUT2D eigenvalue weighted by Crippen LogP contribution is -2.59. The van der Waals surface area contributed by atoms with Crippen LogP contribution in [0.15, 0.2) is 28.8 Å². The van der Waals surface area contributed by atoms with Crippen LogP contribution in [0, 0.1) is 11.8 Å². The van der Waals surface area contributed by atoms with E-state index in [0.29, 0.717) is 54.7 Å². The summed E-state index contributed by atoms with van der Waals surface area (Å²) < 4.78 is 12.8. The monoisotopic (exact) mass is 633 g/mol. The fraction of sp³-hybridized carbons (Fsp3) is 0.536. The fourth-order valence-corrected chi connectivity index (χ4v) is 6.89. The van der Waals surface area contributed by atoms with Gasteiger partial charge in [0.2, 0.25) is 5.91 Å². The Labute approximate surface area is 257 Å². The van der Waals surface area contributed by atoms with Gasteiger partial charge in [-0.2, -0.15) is 5.10 Å². The number of thiophene rings is 1. The molecule has 43 heavy (non-hydrogen) atoms. The largest absolute Gasteiger partial charge is 0.477 e. The van der Waals surface area contributed by atoms with Crippen LogP contribution >= 0.6 is 22.9 Å². The van der Waals surface area contributed by atoms with Crippen molar-refractivity contribution in [1.29, 1.82) is 0 Å². The maximum atomic E-state index is 13.3. The van der Waals surface area contributed by atoms with Gasteiger partial charge in [0.15, 0.2) is 11.5 Å². The molecule has 3 unspecified atom stereocenters. The first-order valence-electron chi connectivity index (χ1n) is 14.3. The maximum absolute atomic E-state index is 13.3. The van der Waals surface area contributed by atoms with E-state index in [4.69, 9.17) is 26.6 Å². The number of amides is 2. The zero-order valence-electron chi connectivity index (χ0n) is 24.1. The summed E-state index contributed by atoms with van der Waals surface area (Å²) >= 11 is 7.35. The normalized spacial score (nSPS) is 20.7. The van der Waals surface area contributed by atoms with Gasteiger partial charge >= 0.3 is 5.97 Å². The van der Waals surface area contributed by atoms with Gasteiger partial charge in [0, 0.05) is 50.4 Å². The van der Waals surface area contributed by atoms with Crippen LogP contribution in [0.4, 0.5) is 0 Å². The number of aromatic carboxylic acids is 1. The highest BCUT2D eigenvalue weighted by Gasteiger charge is 2.41. The first-order valence-corrected chi connectivity index (χ1v) is 15.5. The SMILES string of the molecule is CC(C)N1CCC(C(CNC(=O)c2cc(C(=O)O)n(Cc3cc(-c4ccc(Cl)s4)on3)n2)N2CCOCC2)C(C(N)=O)C1. The number of carboxylic acid groups (broad SMARTS) is 1. The van der Waals surface area contributed by atoms with Gasteiger partial charge in [-0.05, 0) is 44.9 Å². The molecule has 5 rings (SSSR count). The molecule has 0 spiro atoms. The van der Waals surface area contributed by atoms with Crippen LogP contribution in [0.25, 0.3) is 10.6 Å². The van der Waals surface area contributed by atoms with E-state index >= 15 is 0 Å². The Balaban J connectivity index is 1.31. The molecule has 2 amide bonds. The van der Waals surface area contributed by atoms with Crippen LogP contribution in [0.5, 0.6) is 0 Å². The molecule has 3 atom stereocenters. The minimum absolute atomic E-state index is 0.0113. The molecule has 232 valence electrons. The van der Waals surface area contributed by atoms with E-state index in [0.717, 1.165) is 17.8 Å². The van der Waals surface area contributed by atoms with E-state index in [2.05, 4.69) is 39.2 Å². The standard InChI is InChI=1S/C28H36ClN7O6S/c1-16(2)35-6-5-18(19(15-35)26(30)37)22(34-7-9-41-10-8-34)13-31-27(38)20-12-21(28(39)40)36(32-20)14-17-11-23(42-33-17)24-3-4-25(29)43-24/h3-4,11-12,16,18-19,22H,5-10,13-15H2,1-2H3,(H2,30,37)(H,31,38)(H,39,40). The zero-order chi connectivity index (χ0) is 30.7. The Bertz CT molecular complexity index is 1450. The van der Waals surface area contributed by atoms with Crippen LogP contribution in [0.2, 0.25) is 4.34 Å². The fourth-order valence-electron chi connectivity index (χ4n) is 5.90. The molecule has 15 heteroatoms. The lowest BCUT2D eigenvalue weighted by Gasteiger charge is -2.46. The van der Waals surface area contributed by atoms with Crippen molar-refractivity contribution in [3.8, 4) is 10.6 Å². The summed E-state index contributed by atoms with van der Waals surface area (Å²) in [6, 6.07) is 6.62. The highest BCUT2D eigenvalue weighted by Crippen LogP contribution is 2.32. The number of aromatic nitrogens is 3. The number of halogens is 1. The molecule has 0 aromatic carbocycles. The zero-order valence-corrected chi connectivity index (χ0v) is 25.6. The molecule has 0 bridgehead atoms. The molecule has 2 saturated heterocycles. The summed E-state index contributed by atoms with van der Waals surface area (Å²) in [6.45, 7) is 8.31. The lowest BCUT2D eigenvalue weighted by atomic mass is 9.78. The number of carbonyl (C=O) groups excluding carboxylic acids is 2. The Morgan fingerprint density at radius 1 is 1.19 bits per heavy atom. The van der Waals surface area contributed by atoms with Crippen molar-refractivity contribution in [3.63, 3.8) is 0 Å². The van der Waals surface area contributed by atoms with Crippen molar-refractivity contribution in [2.75, 3.05) is 45.9 Å². The third kappa shape index (κ3) is 7.27. The molecule has 0 radical (unpaired) electrons. The van der Waals surface area contributed by atoms with E-state index in [-0.39, 0.29) is 48.3 Å². The molecule has 3 aromatic heterocycles. The molecular formula is C28H36ClN7O6S. The number of primary amides is 1. The third-order valence-electron chi connectivity index (χ3n) is 8.19. The number of nitrogens with one attached hydrogen (secondary N) is 1. The molecular weight excluding hydrogens is 598 g/mol. The minimum Gasteiger partial charge on any atom is -0.477 e. The van der Waals surface area contributed by atoms with Gasteiger partial charge in [-0.15, -0.1) is 11.3 Å². The number of morpholine rings is 1. The molecule has 0 saturated carbocycles. The number of hydrogen-bond acceptors (Lipinski definition) is 10. The van der Waals surface area contributed by atoms with Crippen molar-refractivity contribution < 1.29 is 28.8 Å². The van der Waals surface area contributed by atoms with E-state index in [9.17, 15) is 19.5 Å². The molecule has 2 aliphatic rings. The van der Waals surface area contributed by atoms with Gasteiger partial charge in [0.05, 0.1) is 34.9 Å². The summed E-state index contributed by atoms with van der Waals surface area (Å²) in [5, 5.41) is 21.1. The second-order valence-corrected chi connectivity index (χ2v) is 12.9. The topological polar surface area (TPSA) is 169 Å². The third-order valence-corrected chi connectivity index (χ3v) is 9.44. The van der Waals surface area contributed by atoms with Crippen molar-refractivity contribution in [2.24, 2.45) is 17.6 Å². The second kappa shape index (κ2) is 13.6. The molecule has 13 nitrogen and oxygen atoms in total. The Morgan fingerprint density at radius 3 is 2.60 bits per heavy atom. The number of carbonyl (C=O) groups is 3. The van der Waals surface area contributed by atoms with E-state index in [1.807, 2.05) is 0 Å². The lowest BCUT2D eigenvalue weighted by molar-refractivity contribution is -0.128. The quantitative estimate of drug-likeness (QED) is 0.285. The van der Waals surface area contributed by atoms with Gasteiger partial charge in [-0.25, -0.2) is 4.79 Å². The summed E-state index contributed by atoms with van der Waals surface area (Å²) in [7, 11) is 0. The molecule has 2 aliphatic heterocycles. The van der Waals surface area contributed by atoms with E-state index in [1.165, 1.54) is 22.1 Å². The number of rotatable bonds is 11. The highest BCUT2D eigenvalue weighted by molar-refractivity contribution is 7.19. The molecule has 5 heterocycles. The van der Waals surface area contributed by atoms with Crippen molar-refractivity contribution in [1.82, 2.24) is 30.1 Å². The Hall–Kier alpha value is -3.30. The summed E-state index contributed by atoms with van der Waals surface area (Å²) in [6.07, 6.45) is 0.763. The maximum Gasteiger partial charge on any atom is 0.354 e. The number of likely N-dealkylation sites (tertiary alicyclic amines) is 1. The first-order chi connectivity index (χ1) is 20.6. The predicted molar refractivity (Wildman–Crippen MR) is 159 cm³/mol. The van der Waals surface area contributed by atoms with Crippen molar-refractivity contribution in [2.45, 2.75) is 38.9 Å². The van der Waals surface area contributed by atoms with Crippen LogP contribution in [-0.4, -0.2) is 106 Å². The predicted octanol–water partition coefficient (Wildman–Crippen LogP) is 2.26. The van der Waals surface area contributed by atoms with Gasteiger partial charge in [0.1, 0.15) is 11.4 Å². The van der Waals surface area contributed by atoms with Gasteiger partial charge < -0.3 is 30.3 Å². The first kappa shape index (κ1) is 31.1.